The monoisotopic (exact) mass is 263 g/mol. The second kappa shape index (κ2) is 5.24. The molecule has 16 heavy (non-hydrogen) atoms. The number of amides is 1. The highest BCUT2D eigenvalue weighted by atomic mass is 35.5. The normalized spacial score (nSPS) is 11.1. The SMILES string of the molecule is CCC(=O)NNS(=O)(=O)c1ccc(Cl)nc1. The van der Waals surface area contributed by atoms with E-state index in [4.69, 9.17) is 11.6 Å². The Balaban J connectivity index is 2.78. The Hall–Kier alpha value is -1.18. The van der Waals surface area contributed by atoms with E-state index in [0.717, 1.165) is 6.20 Å². The minimum Gasteiger partial charge on any atom is -0.278 e. The Morgan fingerprint density at radius 1 is 1.50 bits per heavy atom. The van der Waals surface area contributed by atoms with Gasteiger partial charge in [-0.2, -0.15) is 0 Å². The molecule has 0 atom stereocenters. The molecule has 1 amide bonds. The van der Waals surface area contributed by atoms with Gasteiger partial charge in [-0.1, -0.05) is 18.5 Å². The zero-order valence-electron chi connectivity index (χ0n) is 8.40. The molecule has 0 unspecified atom stereocenters. The largest absolute Gasteiger partial charge is 0.278 e. The lowest BCUT2D eigenvalue weighted by Gasteiger charge is -2.06. The highest BCUT2D eigenvalue weighted by molar-refractivity contribution is 7.89. The van der Waals surface area contributed by atoms with E-state index in [2.05, 4.69) is 4.98 Å². The lowest BCUT2D eigenvalue weighted by molar-refractivity contribution is -0.121. The molecule has 0 bridgehead atoms. The summed E-state index contributed by atoms with van der Waals surface area (Å²) in [6, 6.07) is 2.63. The molecule has 1 aromatic heterocycles. The van der Waals surface area contributed by atoms with Gasteiger partial charge in [0.05, 0.1) is 0 Å². The third-order valence-corrected chi connectivity index (χ3v) is 3.11. The van der Waals surface area contributed by atoms with Gasteiger partial charge in [0.2, 0.25) is 5.91 Å². The number of aromatic nitrogens is 1. The number of rotatable bonds is 4. The van der Waals surface area contributed by atoms with Gasteiger partial charge in [-0.05, 0) is 12.1 Å². The molecule has 2 N–H and O–H groups in total. The van der Waals surface area contributed by atoms with E-state index < -0.39 is 15.9 Å². The van der Waals surface area contributed by atoms with Crippen LogP contribution in [0.25, 0.3) is 0 Å². The molecule has 1 aromatic rings. The molecule has 0 aromatic carbocycles. The van der Waals surface area contributed by atoms with Gasteiger partial charge in [-0.25, -0.2) is 13.4 Å². The number of nitrogens with zero attached hydrogens (tertiary/aromatic N) is 1. The molecule has 0 radical (unpaired) electrons. The van der Waals surface area contributed by atoms with Crippen molar-refractivity contribution in [3.8, 4) is 0 Å². The fraction of sp³-hybridized carbons (Fsp3) is 0.250. The second-order valence-electron chi connectivity index (χ2n) is 2.82. The van der Waals surface area contributed by atoms with Crippen LogP contribution < -0.4 is 10.3 Å². The standard InChI is InChI=1S/C8H10ClN3O3S/c1-2-8(13)11-12-16(14,15)6-3-4-7(9)10-5-6/h3-5,12H,2H2,1H3,(H,11,13). The molecule has 0 fully saturated rings. The number of sulfonamides is 1. The van der Waals surface area contributed by atoms with Crippen molar-refractivity contribution in [2.75, 3.05) is 0 Å². The van der Waals surface area contributed by atoms with E-state index in [1.165, 1.54) is 12.1 Å². The molecule has 0 saturated heterocycles. The molecular weight excluding hydrogens is 254 g/mol. The van der Waals surface area contributed by atoms with Crippen molar-refractivity contribution in [1.29, 1.82) is 0 Å². The van der Waals surface area contributed by atoms with Crippen LogP contribution in [0.5, 0.6) is 0 Å². The van der Waals surface area contributed by atoms with Gasteiger partial charge in [0.1, 0.15) is 10.0 Å². The number of pyridine rings is 1. The van der Waals surface area contributed by atoms with Crippen molar-refractivity contribution >= 4 is 27.5 Å². The van der Waals surface area contributed by atoms with Crippen molar-refractivity contribution in [1.82, 2.24) is 15.2 Å². The van der Waals surface area contributed by atoms with Crippen molar-refractivity contribution in [3.05, 3.63) is 23.5 Å². The lowest BCUT2D eigenvalue weighted by Crippen LogP contribution is -2.41. The molecular formula is C8H10ClN3O3S. The molecule has 0 aliphatic heterocycles. The van der Waals surface area contributed by atoms with Gasteiger partial charge in [0, 0.05) is 12.6 Å². The van der Waals surface area contributed by atoms with Gasteiger partial charge >= 0.3 is 0 Å². The summed E-state index contributed by atoms with van der Waals surface area (Å²) in [5.74, 6) is -0.425. The van der Waals surface area contributed by atoms with Crippen LogP contribution in [0.4, 0.5) is 0 Å². The zero-order chi connectivity index (χ0) is 12.2. The Morgan fingerprint density at radius 2 is 2.19 bits per heavy atom. The maximum absolute atomic E-state index is 11.6. The fourth-order valence-corrected chi connectivity index (χ4v) is 1.71. The first-order valence-corrected chi connectivity index (χ1v) is 6.24. The van der Waals surface area contributed by atoms with Crippen LogP contribution >= 0.6 is 11.6 Å². The number of carbonyl (C=O) groups is 1. The van der Waals surface area contributed by atoms with Gasteiger partial charge in [-0.3, -0.25) is 10.2 Å². The van der Waals surface area contributed by atoms with Crippen LogP contribution in [-0.4, -0.2) is 19.3 Å². The number of hydrogen-bond acceptors (Lipinski definition) is 4. The molecule has 8 heteroatoms. The number of nitrogens with one attached hydrogen (secondary N) is 2. The van der Waals surface area contributed by atoms with Gasteiger partial charge < -0.3 is 0 Å². The number of carbonyl (C=O) groups excluding carboxylic acids is 1. The zero-order valence-corrected chi connectivity index (χ0v) is 9.97. The van der Waals surface area contributed by atoms with E-state index >= 15 is 0 Å². The summed E-state index contributed by atoms with van der Waals surface area (Å²) in [7, 11) is -3.79. The van der Waals surface area contributed by atoms with Crippen molar-refractivity contribution < 1.29 is 13.2 Å². The minimum atomic E-state index is -3.79. The fourth-order valence-electron chi connectivity index (χ4n) is 0.793. The predicted octanol–water partition coefficient (Wildman–Crippen LogP) is 0.454. The average Bonchev–Trinajstić information content (AvgIpc) is 2.26. The maximum Gasteiger partial charge on any atom is 0.258 e. The summed E-state index contributed by atoms with van der Waals surface area (Å²) in [5.41, 5.74) is 2.05. The first-order valence-electron chi connectivity index (χ1n) is 4.38. The van der Waals surface area contributed by atoms with Crippen molar-refractivity contribution in [2.24, 2.45) is 0 Å². The summed E-state index contributed by atoms with van der Waals surface area (Å²) in [6.45, 7) is 1.60. The number of hydrogen-bond donors (Lipinski definition) is 2. The summed E-state index contributed by atoms with van der Waals surface area (Å²) in [4.78, 5) is 16.4. The highest BCUT2D eigenvalue weighted by Crippen LogP contribution is 2.09. The van der Waals surface area contributed by atoms with Crippen LogP contribution in [0.1, 0.15) is 13.3 Å². The second-order valence-corrected chi connectivity index (χ2v) is 4.89. The molecule has 6 nitrogen and oxygen atoms in total. The quantitative estimate of drug-likeness (QED) is 0.610. The van der Waals surface area contributed by atoms with Crippen molar-refractivity contribution in [3.63, 3.8) is 0 Å². The maximum atomic E-state index is 11.6. The van der Waals surface area contributed by atoms with Crippen LogP contribution in [0.15, 0.2) is 23.2 Å². The first kappa shape index (κ1) is 12.9. The Bertz CT molecular complexity index is 472. The number of halogens is 1. The molecule has 0 spiro atoms. The topological polar surface area (TPSA) is 88.2 Å². The van der Waals surface area contributed by atoms with E-state index in [9.17, 15) is 13.2 Å². The van der Waals surface area contributed by atoms with Crippen LogP contribution in [0.2, 0.25) is 5.15 Å². The van der Waals surface area contributed by atoms with E-state index in [-0.39, 0.29) is 16.5 Å². The first-order chi connectivity index (χ1) is 7.45. The Morgan fingerprint density at radius 3 is 2.69 bits per heavy atom. The molecule has 0 aliphatic rings. The van der Waals surface area contributed by atoms with E-state index in [1.54, 1.807) is 6.92 Å². The van der Waals surface area contributed by atoms with Crippen LogP contribution in [-0.2, 0) is 14.8 Å². The van der Waals surface area contributed by atoms with Crippen LogP contribution in [0.3, 0.4) is 0 Å². The van der Waals surface area contributed by atoms with Gasteiger partial charge in [0.25, 0.3) is 10.0 Å². The summed E-state index contributed by atoms with van der Waals surface area (Å²) in [6.07, 6.45) is 1.28. The summed E-state index contributed by atoms with van der Waals surface area (Å²) in [5, 5.41) is 0.191. The summed E-state index contributed by atoms with van der Waals surface area (Å²) < 4.78 is 23.1. The molecule has 1 rings (SSSR count). The lowest BCUT2D eigenvalue weighted by atomic mass is 10.5. The highest BCUT2D eigenvalue weighted by Gasteiger charge is 2.14. The van der Waals surface area contributed by atoms with Crippen molar-refractivity contribution in [2.45, 2.75) is 18.2 Å². The van der Waals surface area contributed by atoms with Crippen LogP contribution in [0, 0.1) is 0 Å². The molecule has 0 aliphatic carbocycles. The van der Waals surface area contributed by atoms with E-state index in [0.29, 0.717) is 0 Å². The van der Waals surface area contributed by atoms with Gasteiger partial charge in [0.15, 0.2) is 0 Å². The third-order valence-electron chi connectivity index (χ3n) is 1.66. The third kappa shape index (κ3) is 3.44. The Kier molecular flexibility index (Phi) is 4.22. The van der Waals surface area contributed by atoms with E-state index in [1.807, 2.05) is 10.3 Å². The smallest absolute Gasteiger partial charge is 0.258 e. The average molecular weight is 264 g/mol. The van der Waals surface area contributed by atoms with Gasteiger partial charge in [-0.15, -0.1) is 4.83 Å². The summed E-state index contributed by atoms with van der Waals surface area (Å²) >= 11 is 5.52. The molecule has 0 saturated carbocycles. The number of hydrazine groups is 1. The predicted molar refractivity (Wildman–Crippen MR) is 58.0 cm³/mol. The Labute approximate surface area is 98.0 Å². The minimum absolute atomic E-state index is 0.0756. The molecule has 1 heterocycles. The molecule has 88 valence electrons.